The molecule has 1 aromatic carbocycles. The zero-order chi connectivity index (χ0) is 17.5. The normalized spacial score (nSPS) is 19.2. The van der Waals surface area contributed by atoms with Crippen LogP contribution in [0.15, 0.2) is 34.2 Å². The van der Waals surface area contributed by atoms with E-state index in [2.05, 4.69) is 42.9 Å². The van der Waals surface area contributed by atoms with Crippen LogP contribution in [-0.2, 0) is 16.6 Å². The Labute approximate surface area is 162 Å². The number of nitrogens with zero attached hydrogens (tertiary/aromatic N) is 2. The molecular weight excluding hydrogens is 439 g/mol. The van der Waals surface area contributed by atoms with Crippen LogP contribution in [0.5, 0.6) is 0 Å². The van der Waals surface area contributed by atoms with Crippen molar-refractivity contribution in [2.45, 2.75) is 44.7 Å². The van der Waals surface area contributed by atoms with Crippen molar-refractivity contribution in [1.82, 2.24) is 10.2 Å². The molecule has 0 unspecified atom stereocenters. The third-order valence-corrected chi connectivity index (χ3v) is 5.94. The van der Waals surface area contributed by atoms with Gasteiger partial charge in [0.1, 0.15) is 0 Å². The van der Waals surface area contributed by atoms with Gasteiger partial charge in [-0.2, -0.15) is 0 Å². The smallest absolute Gasteiger partial charge is 0.238 e. The molecule has 0 radical (unpaired) electrons. The lowest BCUT2D eigenvalue weighted by Gasteiger charge is -2.62. The molecule has 3 N–H and O–H groups in total. The summed E-state index contributed by atoms with van der Waals surface area (Å²) < 4.78 is 22.9. The highest BCUT2D eigenvalue weighted by atomic mass is 127. The van der Waals surface area contributed by atoms with Crippen LogP contribution in [0, 0.1) is 5.41 Å². The van der Waals surface area contributed by atoms with Crippen LogP contribution in [-0.4, -0.2) is 38.4 Å². The number of benzene rings is 1. The second-order valence-corrected chi connectivity index (χ2v) is 8.68. The molecule has 0 bridgehead atoms. The van der Waals surface area contributed by atoms with Gasteiger partial charge in [-0.3, -0.25) is 4.99 Å². The first kappa shape index (κ1) is 21.2. The molecule has 8 heteroatoms. The Bertz CT molecular complexity index is 729. The fourth-order valence-electron chi connectivity index (χ4n) is 2.71. The van der Waals surface area contributed by atoms with Crippen LogP contribution < -0.4 is 10.5 Å². The second-order valence-electron chi connectivity index (χ2n) is 7.12. The van der Waals surface area contributed by atoms with E-state index in [0.29, 0.717) is 6.54 Å². The topological polar surface area (TPSA) is 87.8 Å². The van der Waals surface area contributed by atoms with E-state index in [1.807, 2.05) is 6.07 Å². The van der Waals surface area contributed by atoms with Crippen LogP contribution in [0.4, 0.5) is 0 Å². The minimum absolute atomic E-state index is 0. The van der Waals surface area contributed by atoms with E-state index in [-0.39, 0.29) is 39.8 Å². The van der Waals surface area contributed by atoms with Gasteiger partial charge < -0.3 is 10.2 Å². The van der Waals surface area contributed by atoms with Gasteiger partial charge in [0.25, 0.3) is 0 Å². The highest BCUT2D eigenvalue weighted by molar-refractivity contribution is 14.0. The summed E-state index contributed by atoms with van der Waals surface area (Å²) in [6.45, 7) is 10.3. The van der Waals surface area contributed by atoms with Crippen molar-refractivity contribution in [3.8, 4) is 0 Å². The van der Waals surface area contributed by atoms with Crippen molar-refractivity contribution >= 4 is 40.0 Å². The third-order valence-electron chi connectivity index (χ3n) is 5.03. The van der Waals surface area contributed by atoms with Gasteiger partial charge in [-0.05, 0) is 31.5 Å². The van der Waals surface area contributed by atoms with Crippen LogP contribution in [0.3, 0.4) is 0 Å². The SMILES string of the molecule is CN=C(NCc1cccc(S(N)(=O)=O)c1)N1CC(C)(C)C1(C)C.I. The average Bonchev–Trinajstić information content (AvgIpc) is 2.46. The van der Waals surface area contributed by atoms with Crippen LogP contribution in [0.2, 0.25) is 0 Å². The molecule has 0 aliphatic carbocycles. The van der Waals surface area contributed by atoms with E-state index in [1.165, 1.54) is 6.07 Å². The highest BCUT2D eigenvalue weighted by Crippen LogP contribution is 2.46. The van der Waals surface area contributed by atoms with Crippen molar-refractivity contribution < 1.29 is 8.42 Å². The Hall–Kier alpha value is -0.870. The van der Waals surface area contributed by atoms with E-state index in [1.54, 1.807) is 19.2 Å². The van der Waals surface area contributed by atoms with Crippen molar-refractivity contribution in [2.75, 3.05) is 13.6 Å². The average molecular weight is 466 g/mol. The maximum atomic E-state index is 11.4. The van der Waals surface area contributed by atoms with E-state index >= 15 is 0 Å². The molecule has 0 aromatic heterocycles. The second kappa shape index (κ2) is 7.17. The third kappa shape index (κ3) is 4.02. The first-order valence-corrected chi connectivity index (χ1v) is 9.14. The number of aliphatic imine (C=N–C) groups is 1. The lowest BCUT2D eigenvalue weighted by Crippen LogP contribution is -2.72. The molecule has 1 heterocycles. The molecule has 0 saturated carbocycles. The van der Waals surface area contributed by atoms with Gasteiger partial charge in [-0.1, -0.05) is 26.0 Å². The Morgan fingerprint density at radius 2 is 1.96 bits per heavy atom. The Kier molecular flexibility index (Phi) is 6.32. The van der Waals surface area contributed by atoms with Gasteiger partial charge in [-0.15, -0.1) is 24.0 Å². The fourth-order valence-corrected chi connectivity index (χ4v) is 3.29. The van der Waals surface area contributed by atoms with Crippen molar-refractivity contribution in [2.24, 2.45) is 15.5 Å². The molecule has 1 fully saturated rings. The van der Waals surface area contributed by atoms with Gasteiger partial charge in [0.15, 0.2) is 5.96 Å². The van der Waals surface area contributed by atoms with Crippen LogP contribution >= 0.6 is 24.0 Å². The number of sulfonamides is 1. The highest BCUT2D eigenvalue weighted by Gasteiger charge is 2.53. The zero-order valence-electron chi connectivity index (χ0n) is 14.8. The zero-order valence-corrected chi connectivity index (χ0v) is 18.0. The summed E-state index contributed by atoms with van der Waals surface area (Å²) in [4.78, 5) is 6.70. The maximum Gasteiger partial charge on any atom is 0.238 e. The number of guanidine groups is 1. The number of hydrogen-bond acceptors (Lipinski definition) is 3. The number of halogens is 1. The molecule has 0 spiro atoms. The predicted octanol–water partition coefficient (Wildman–Crippen LogP) is 2.15. The Morgan fingerprint density at radius 1 is 1.33 bits per heavy atom. The Morgan fingerprint density at radius 3 is 2.42 bits per heavy atom. The number of likely N-dealkylation sites (tertiary alicyclic amines) is 1. The van der Waals surface area contributed by atoms with Gasteiger partial charge >= 0.3 is 0 Å². The van der Waals surface area contributed by atoms with Gasteiger partial charge in [-0.25, -0.2) is 13.6 Å². The van der Waals surface area contributed by atoms with Crippen molar-refractivity contribution in [3.63, 3.8) is 0 Å². The summed E-state index contributed by atoms with van der Waals surface area (Å²) in [5.74, 6) is 0.815. The van der Waals surface area contributed by atoms with Crippen molar-refractivity contribution in [3.05, 3.63) is 29.8 Å². The largest absolute Gasteiger partial charge is 0.352 e. The van der Waals surface area contributed by atoms with Crippen molar-refractivity contribution in [1.29, 1.82) is 0 Å². The molecule has 2 rings (SSSR count). The summed E-state index contributed by atoms with van der Waals surface area (Å²) in [7, 11) is -1.93. The van der Waals surface area contributed by atoms with E-state index in [4.69, 9.17) is 5.14 Å². The molecule has 0 amide bonds. The maximum absolute atomic E-state index is 11.4. The summed E-state index contributed by atoms with van der Waals surface area (Å²) in [6.07, 6.45) is 0. The Balaban J connectivity index is 0.00000288. The van der Waals surface area contributed by atoms with Crippen LogP contribution in [0.1, 0.15) is 33.3 Å². The van der Waals surface area contributed by atoms with E-state index < -0.39 is 10.0 Å². The monoisotopic (exact) mass is 466 g/mol. The lowest BCUT2D eigenvalue weighted by molar-refractivity contribution is -0.0667. The lowest BCUT2D eigenvalue weighted by atomic mass is 9.65. The molecular formula is C16H27IN4O2S. The van der Waals surface area contributed by atoms with E-state index in [0.717, 1.165) is 18.1 Å². The summed E-state index contributed by atoms with van der Waals surface area (Å²) in [6, 6.07) is 6.63. The molecule has 6 nitrogen and oxygen atoms in total. The van der Waals surface area contributed by atoms with Crippen LogP contribution in [0.25, 0.3) is 0 Å². The molecule has 0 atom stereocenters. The number of nitrogens with one attached hydrogen (secondary N) is 1. The summed E-state index contributed by atoms with van der Waals surface area (Å²) in [5.41, 5.74) is 1.07. The summed E-state index contributed by atoms with van der Waals surface area (Å²) in [5, 5.41) is 8.47. The molecule has 1 aliphatic heterocycles. The van der Waals surface area contributed by atoms with Gasteiger partial charge in [0.2, 0.25) is 10.0 Å². The van der Waals surface area contributed by atoms with E-state index in [9.17, 15) is 8.42 Å². The summed E-state index contributed by atoms with van der Waals surface area (Å²) >= 11 is 0. The molecule has 1 aliphatic rings. The number of nitrogens with two attached hydrogens (primary N) is 1. The predicted molar refractivity (Wildman–Crippen MR) is 108 cm³/mol. The van der Waals surface area contributed by atoms with Gasteiger partial charge in [0, 0.05) is 31.1 Å². The minimum Gasteiger partial charge on any atom is -0.352 e. The number of primary sulfonamides is 1. The number of rotatable bonds is 3. The molecule has 24 heavy (non-hydrogen) atoms. The minimum atomic E-state index is -3.68. The molecule has 1 aromatic rings. The fraction of sp³-hybridized carbons (Fsp3) is 0.562. The number of hydrogen-bond donors (Lipinski definition) is 2. The standard InChI is InChI=1S/C16H26N4O2S.HI/c1-15(2)11-20(16(15,3)4)14(18-5)19-10-12-7-6-8-13(9-12)23(17,21)22;/h6-9H,10-11H2,1-5H3,(H,18,19)(H2,17,21,22);1H. The quantitative estimate of drug-likeness (QED) is 0.406. The molecule has 1 saturated heterocycles. The first-order chi connectivity index (χ1) is 10.5. The van der Waals surface area contributed by atoms with Gasteiger partial charge in [0.05, 0.1) is 4.90 Å². The molecule has 136 valence electrons. The first-order valence-electron chi connectivity index (χ1n) is 7.59.